The van der Waals surface area contributed by atoms with Gasteiger partial charge in [0.15, 0.2) is 0 Å². The molecule has 0 spiro atoms. The molecule has 0 aliphatic carbocycles. The van der Waals surface area contributed by atoms with Gasteiger partial charge in [0, 0.05) is 43.0 Å². The van der Waals surface area contributed by atoms with Crippen LogP contribution in [0.1, 0.15) is 51.2 Å². The third-order valence-electron chi connectivity index (χ3n) is 8.46. The smallest absolute Gasteiger partial charge is 0.410 e. The van der Waals surface area contributed by atoms with Gasteiger partial charge in [0.25, 0.3) is 0 Å². The number of piperazine rings is 1. The average molecular weight is 657 g/mol. The third-order valence-corrected chi connectivity index (χ3v) is 8.46. The second kappa shape index (κ2) is 16.6. The number of benzene rings is 3. The predicted octanol–water partition coefficient (Wildman–Crippen LogP) is 6.79. The first kappa shape index (κ1) is 34.9. The van der Waals surface area contributed by atoms with Crippen molar-refractivity contribution in [2.75, 3.05) is 50.2 Å². The summed E-state index contributed by atoms with van der Waals surface area (Å²) in [4.78, 5) is 17.1. The summed E-state index contributed by atoms with van der Waals surface area (Å²) in [6.07, 6.45) is 1.56. The molecule has 10 nitrogen and oxygen atoms in total. The number of fused-ring (bicyclic) bond motifs is 1. The largest absolute Gasteiger partial charge is 0.496 e. The first-order chi connectivity index (χ1) is 23.2. The van der Waals surface area contributed by atoms with Gasteiger partial charge in [0.05, 0.1) is 51.6 Å². The summed E-state index contributed by atoms with van der Waals surface area (Å²) in [5.74, 6) is 1.59. The Kier molecular flexibility index (Phi) is 12.0. The summed E-state index contributed by atoms with van der Waals surface area (Å²) in [5, 5.41) is 13.4. The molecular weight excluding hydrogens is 608 g/mol. The number of ether oxygens (including phenoxy) is 5. The number of para-hydroxylation sites is 2. The zero-order chi connectivity index (χ0) is 33.9. The zero-order valence-electron chi connectivity index (χ0n) is 28.5. The van der Waals surface area contributed by atoms with Crippen LogP contribution in [0.3, 0.4) is 0 Å². The highest BCUT2D eigenvalue weighted by atomic mass is 16.6. The van der Waals surface area contributed by atoms with E-state index >= 15 is 0 Å². The van der Waals surface area contributed by atoms with Gasteiger partial charge < -0.3 is 38.8 Å². The molecule has 256 valence electrons. The van der Waals surface area contributed by atoms with Gasteiger partial charge in [-0.1, -0.05) is 36.4 Å². The molecule has 2 heterocycles. The van der Waals surface area contributed by atoms with E-state index in [0.29, 0.717) is 39.5 Å². The van der Waals surface area contributed by atoms with Gasteiger partial charge in [-0.15, -0.1) is 0 Å². The van der Waals surface area contributed by atoms with Crippen LogP contribution in [0.5, 0.6) is 11.5 Å². The minimum Gasteiger partial charge on any atom is -0.496 e. The molecule has 2 aliphatic heterocycles. The van der Waals surface area contributed by atoms with Gasteiger partial charge >= 0.3 is 6.09 Å². The lowest BCUT2D eigenvalue weighted by atomic mass is 10.00. The van der Waals surface area contributed by atoms with Crippen LogP contribution in [-0.2, 0) is 27.2 Å². The molecule has 10 heteroatoms. The van der Waals surface area contributed by atoms with Crippen molar-refractivity contribution in [1.29, 1.82) is 5.26 Å². The number of methoxy groups -OCH3 is 1. The van der Waals surface area contributed by atoms with Gasteiger partial charge in [-0.25, -0.2) is 4.79 Å². The van der Waals surface area contributed by atoms with E-state index in [1.165, 1.54) is 5.56 Å². The number of nitrogens with one attached hydrogen (secondary N) is 1. The number of anilines is 2. The van der Waals surface area contributed by atoms with E-state index in [2.05, 4.69) is 28.4 Å². The lowest BCUT2D eigenvalue weighted by Gasteiger charge is -2.46. The highest BCUT2D eigenvalue weighted by Gasteiger charge is 2.38. The third kappa shape index (κ3) is 9.55. The van der Waals surface area contributed by atoms with E-state index in [4.69, 9.17) is 23.7 Å². The van der Waals surface area contributed by atoms with E-state index in [-0.39, 0.29) is 24.8 Å². The van der Waals surface area contributed by atoms with Crippen LogP contribution in [-0.4, -0.2) is 74.9 Å². The van der Waals surface area contributed by atoms with Gasteiger partial charge in [0.2, 0.25) is 0 Å². The van der Waals surface area contributed by atoms with E-state index < -0.39 is 11.7 Å². The van der Waals surface area contributed by atoms with Crippen LogP contribution in [0, 0.1) is 11.3 Å². The zero-order valence-corrected chi connectivity index (χ0v) is 28.5. The normalized spacial score (nSPS) is 18.2. The fourth-order valence-electron chi connectivity index (χ4n) is 6.12. The van der Waals surface area contributed by atoms with Crippen molar-refractivity contribution in [3.63, 3.8) is 0 Å². The lowest BCUT2D eigenvalue weighted by molar-refractivity contribution is -0.0291. The number of hydrogen-bond acceptors (Lipinski definition) is 9. The molecule has 1 fully saturated rings. The van der Waals surface area contributed by atoms with Crippen molar-refractivity contribution in [2.24, 2.45) is 0 Å². The Labute approximate surface area is 284 Å². The fraction of sp³-hybridized carbons (Fsp3) is 0.474. The van der Waals surface area contributed by atoms with Crippen molar-refractivity contribution >= 4 is 17.5 Å². The minimum atomic E-state index is -0.608. The fourth-order valence-corrected chi connectivity index (χ4v) is 6.12. The molecule has 48 heavy (non-hydrogen) atoms. The second-order valence-corrected chi connectivity index (χ2v) is 13.1. The summed E-state index contributed by atoms with van der Waals surface area (Å²) in [7, 11) is 1.66. The summed E-state index contributed by atoms with van der Waals surface area (Å²) >= 11 is 0. The Morgan fingerprint density at radius 2 is 1.79 bits per heavy atom. The number of rotatable bonds is 13. The van der Waals surface area contributed by atoms with Crippen molar-refractivity contribution in [3.8, 4) is 17.6 Å². The quantitative estimate of drug-likeness (QED) is 0.199. The van der Waals surface area contributed by atoms with Crippen LogP contribution in [0.25, 0.3) is 0 Å². The van der Waals surface area contributed by atoms with Gasteiger partial charge in [-0.05, 0) is 75.6 Å². The van der Waals surface area contributed by atoms with E-state index in [1.807, 2.05) is 81.4 Å². The first-order valence-corrected chi connectivity index (χ1v) is 16.8. The van der Waals surface area contributed by atoms with Crippen LogP contribution in [0.4, 0.5) is 16.2 Å². The van der Waals surface area contributed by atoms with Gasteiger partial charge in [0.1, 0.15) is 23.3 Å². The summed E-state index contributed by atoms with van der Waals surface area (Å²) in [5.41, 5.74) is 3.70. The second-order valence-electron chi connectivity index (χ2n) is 13.1. The lowest BCUT2D eigenvalue weighted by Crippen LogP contribution is -2.60. The standard InChI is InChI=1S/C38H48N4O6/c1-38(2,3)48-37(43)41-22-23-42(33(26-41)35(20-21-39)47-36-19-14-28-10-5-7-12-32(28)40-36)30-15-17-31(18-16-30)46-25-9-24-45-27-29-11-6-8-13-34(29)44-4/h5-8,10-13,15-18,33,35-36,40H,9,14,19-20,22-27H2,1-4H3/t33-,35?,36?/m1/s1. The molecule has 1 amide bonds. The van der Waals surface area contributed by atoms with E-state index in [0.717, 1.165) is 47.7 Å². The molecule has 3 aromatic rings. The SMILES string of the molecule is COc1ccccc1COCCCOc1ccc(N2CCN(C(=O)OC(C)(C)C)C[C@@H]2C(CC#N)OC2CCc3ccccc3N2)cc1. The van der Waals surface area contributed by atoms with E-state index in [9.17, 15) is 10.1 Å². The van der Waals surface area contributed by atoms with Crippen LogP contribution in [0.15, 0.2) is 72.8 Å². The molecule has 2 aliphatic rings. The number of carbonyl (C=O) groups is 1. The van der Waals surface area contributed by atoms with Crippen LogP contribution >= 0.6 is 0 Å². The Morgan fingerprint density at radius 1 is 1.02 bits per heavy atom. The molecule has 3 aromatic carbocycles. The number of carbonyl (C=O) groups excluding carboxylic acids is 1. The molecule has 5 rings (SSSR count). The highest BCUT2D eigenvalue weighted by Crippen LogP contribution is 2.31. The number of hydrogen-bond donors (Lipinski definition) is 1. The van der Waals surface area contributed by atoms with E-state index in [1.54, 1.807) is 12.0 Å². The number of nitriles is 1. The Bertz CT molecular complexity index is 1520. The van der Waals surface area contributed by atoms with Crippen molar-refractivity contribution in [1.82, 2.24) is 4.90 Å². The Hall–Kier alpha value is -4.46. The topological polar surface area (TPSA) is 106 Å². The van der Waals surface area contributed by atoms with Crippen LogP contribution < -0.4 is 19.7 Å². The maximum absolute atomic E-state index is 13.2. The van der Waals surface area contributed by atoms with Crippen molar-refractivity contribution < 1.29 is 28.5 Å². The molecule has 1 N–H and O–H groups in total. The summed E-state index contributed by atoms with van der Waals surface area (Å²) < 4.78 is 29.6. The van der Waals surface area contributed by atoms with Crippen molar-refractivity contribution in [3.05, 3.63) is 83.9 Å². The minimum absolute atomic E-state index is 0.184. The van der Waals surface area contributed by atoms with Crippen molar-refractivity contribution in [2.45, 2.75) is 77.0 Å². The molecule has 0 saturated carbocycles. The number of aryl methyl sites for hydroxylation is 1. The number of amides is 1. The molecule has 0 radical (unpaired) electrons. The van der Waals surface area contributed by atoms with Crippen LogP contribution in [0.2, 0.25) is 0 Å². The average Bonchev–Trinajstić information content (AvgIpc) is 3.09. The van der Waals surface area contributed by atoms with Gasteiger partial charge in [-0.3, -0.25) is 0 Å². The molecule has 2 unspecified atom stereocenters. The summed E-state index contributed by atoms with van der Waals surface area (Å²) in [6.45, 7) is 8.62. The molecular formula is C38H48N4O6. The molecule has 1 saturated heterocycles. The number of nitrogens with zero attached hydrogens (tertiary/aromatic N) is 3. The molecule has 3 atom stereocenters. The highest BCUT2D eigenvalue weighted by molar-refractivity contribution is 5.69. The Balaban J connectivity index is 1.22. The maximum atomic E-state index is 13.2. The van der Waals surface area contributed by atoms with Gasteiger partial charge in [-0.2, -0.15) is 5.26 Å². The molecule has 0 bridgehead atoms. The predicted molar refractivity (Wildman–Crippen MR) is 185 cm³/mol. The first-order valence-electron chi connectivity index (χ1n) is 16.8. The monoisotopic (exact) mass is 656 g/mol. The summed E-state index contributed by atoms with van der Waals surface area (Å²) in [6, 6.07) is 26.1. The molecule has 0 aromatic heterocycles. The maximum Gasteiger partial charge on any atom is 0.410 e. The Morgan fingerprint density at radius 3 is 2.56 bits per heavy atom.